The van der Waals surface area contributed by atoms with Crippen LogP contribution in [0.4, 0.5) is 32.3 Å². The van der Waals surface area contributed by atoms with Crippen molar-refractivity contribution >= 4 is 11.9 Å². The van der Waals surface area contributed by atoms with Crippen LogP contribution in [0.3, 0.4) is 0 Å². The molecule has 0 bridgehead atoms. The first-order valence-electron chi connectivity index (χ1n) is 18.1. The van der Waals surface area contributed by atoms with Crippen molar-refractivity contribution < 1.29 is 36.2 Å². The van der Waals surface area contributed by atoms with Gasteiger partial charge in [-0.05, 0) is 110 Å². The topological polar surface area (TPSA) is 79.2 Å². The minimum Gasteiger partial charge on any atom is -0.481 e. The van der Waals surface area contributed by atoms with E-state index in [-0.39, 0.29) is 54.9 Å². The molecule has 12 heteroatoms. The van der Waals surface area contributed by atoms with Gasteiger partial charge in [0.25, 0.3) is 0 Å². The molecule has 1 saturated heterocycles. The zero-order valence-corrected chi connectivity index (χ0v) is 29.2. The third-order valence-electron chi connectivity index (χ3n) is 11.1. The number of carboxylic acid groups (broad SMARTS) is 1. The maximum atomic E-state index is 17.2. The molecule has 276 valence electrons. The zero-order valence-electron chi connectivity index (χ0n) is 29.2. The second-order valence-electron chi connectivity index (χ2n) is 15.5. The van der Waals surface area contributed by atoms with Gasteiger partial charge in [0.05, 0.1) is 11.3 Å². The Bertz CT molecular complexity index is 1680. The van der Waals surface area contributed by atoms with Crippen LogP contribution >= 0.6 is 0 Å². The fourth-order valence-electron chi connectivity index (χ4n) is 8.14. The van der Waals surface area contributed by atoms with E-state index in [1.165, 1.54) is 12.1 Å². The van der Waals surface area contributed by atoms with E-state index in [0.29, 0.717) is 68.8 Å². The van der Waals surface area contributed by atoms with Crippen LogP contribution < -0.4 is 4.90 Å². The molecule has 1 atom stereocenters. The Labute approximate surface area is 295 Å². The van der Waals surface area contributed by atoms with E-state index in [9.17, 15) is 26.7 Å². The number of hydrogen-bond acceptors (Lipinski definition) is 5. The summed E-state index contributed by atoms with van der Waals surface area (Å²) >= 11 is 0. The molecule has 2 fully saturated rings. The molecule has 1 aromatic carbocycles. The van der Waals surface area contributed by atoms with Crippen molar-refractivity contribution in [1.29, 1.82) is 0 Å². The number of unbranched alkanes of at least 4 members (excludes halogenated alkanes) is 1. The number of piperidine rings is 1. The first-order valence-corrected chi connectivity index (χ1v) is 18.1. The number of pyridine rings is 1. The summed E-state index contributed by atoms with van der Waals surface area (Å²) in [4.78, 5) is 27.2. The number of carboxylic acids is 1. The largest absolute Gasteiger partial charge is 0.481 e. The lowest BCUT2D eigenvalue weighted by Crippen LogP contribution is -2.35. The average molecular weight is 717 g/mol. The molecule has 51 heavy (non-hydrogen) atoms. The summed E-state index contributed by atoms with van der Waals surface area (Å²) in [5.41, 5.74) is 3.68. The number of halogens is 6. The highest BCUT2D eigenvalue weighted by Crippen LogP contribution is 2.50. The number of benzene rings is 1. The fraction of sp³-hybridized carbons (Fsp3) is 0.590. The highest BCUT2D eigenvalue weighted by molar-refractivity contribution is 5.66. The van der Waals surface area contributed by atoms with Crippen molar-refractivity contribution in [2.75, 3.05) is 18.0 Å². The highest BCUT2D eigenvalue weighted by atomic mass is 19.4. The van der Waals surface area contributed by atoms with Gasteiger partial charge in [0, 0.05) is 61.9 Å². The molecule has 3 aromatic rings. The highest BCUT2D eigenvalue weighted by Gasteiger charge is 2.42. The van der Waals surface area contributed by atoms with Crippen LogP contribution in [-0.2, 0) is 30.2 Å². The Kier molecular flexibility index (Phi) is 10.7. The SMILES string of the molecule is CC1(C)CCc2c(nc(C3CCN(c4ncc(CCCCC(=O)O)cn4)CC3)c(C(F)c3ccc(C(F)(F)F)cc3)c2C2CCC(F)(F)CC2)C1. The second kappa shape index (κ2) is 14.7. The predicted octanol–water partition coefficient (Wildman–Crippen LogP) is 9.94. The molecule has 3 aliphatic rings. The molecule has 1 unspecified atom stereocenters. The normalized spacial score (nSPS) is 20.2. The van der Waals surface area contributed by atoms with Crippen molar-refractivity contribution in [2.24, 2.45) is 5.41 Å². The van der Waals surface area contributed by atoms with Crippen LogP contribution in [0.2, 0.25) is 0 Å². The van der Waals surface area contributed by atoms with Gasteiger partial charge in [0.1, 0.15) is 0 Å². The summed E-state index contributed by atoms with van der Waals surface area (Å²) in [7, 11) is 0. The van der Waals surface area contributed by atoms with Crippen LogP contribution in [0.1, 0.15) is 141 Å². The van der Waals surface area contributed by atoms with Gasteiger partial charge >= 0.3 is 12.1 Å². The van der Waals surface area contributed by atoms with Crippen LogP contribution in [0.5, 0.6) is 0 Å². The fourth-order valence-corrected chi connectivity index (χ4v) is 8.14. The molecule has 3 heterocycles. The second-order valence-corrected chi connectivity index (χ2v) is 15.5. The van der Waals surface area contributed by atoms with Crippen molar-refractivity contribution in [2.45, 2.75) is 127 Å². The molecule has 1 aliphatic heterocycles. The monoisotopic (exact) mass is 716 g/mol. The Morgan fingerprint density at radius 3 is 2.22 bits per heavy atom. The lowest BCUT2D eigenvalue weighted by atomic mass is 9.69. The van der Waals surface area contributed by atoms with Gasteiger partial charge in [-0.25, -0.2) is 23.1 Å². The number of anilines is 1. The van der Waals surface area contributed by atoms with Gasteiger partial charge in [-0.2, -0.15) is 13.2 Å². The van der Waals surface area contributed by atoms with Crippen LogP contribution in [-0.4, -0.2) is 45.0 Å². The van der Waals surface area contributed by atoms with Gasteiger partial charge in [0.2, 0.25) is 11.9 Å². The molecule has 6 nitrogen and oxygen atoms in total. The molecular weight excluding hydrogens is 670 g/mol. The maximum absolute atomic E-state index is 17.2. The molecular formula is C39H46F6N4O2. The Hall–Kier alpha value is -3.70. The van der Waals surface area contributed by atoms with Gasteiger partial charge in [-0.1, -0.05) is 26.0 Å². The van der Waals surface area contributed by atoms with Crippen molar-refractivity contribution in [3.63, 3.8) is 0 Å². The number of alkyl halides is 6. The maximum Gasteiger partial charge on any atom is 0.416 e. The van der Waals surface area contributed by atoms with E-state index < -0.39 is 29.8 Å². The Balaban J connectivity index is 1.33. The number of hydrogen-bond donors (Lipinski definition) is 1. The zero-order chi connectivity index (χ0) is 36.6. The van der Waals surface area contributed by atoms with Crippen LogP contribution in [0, 0.1) is 5.41 Å². The van der Waals surface area contributed by atoms with Crippen LogP contribution in [0.25, 0.3) is 0 Å². The van der Waals surface area contributed by atoms with E-state index in [1.54, 1.807) is 12.4 Å². The van der Waals surface area contributed by atoms with E-state index in [4.69, 9.17) is 10.1 Å². The lowest BCUT2D eigenvalue weighted by molar-refractivity contribution is -0.138. The standard InChI is InChI=1S/C39H46F6N4O2/c1-37(2)16-13-29-30(21-37)48-35(27-14-19-49(20-15-27)36-46-22-24(23-47-36)5-3-4-6-31(50)51)33(32(29)25-11-17-38(41,42)18-12-25)34(40)26-7-9-28(10-8-26)39(43,44)45/h7-10,22-23,25,27,34H,3-6,11-21H2,1-2H3,(H,50,51). The first kappa shape index (κ1) is 37.1. The summed E-state index contributed by atoms with van der Waals surface area (Å²) < 4.78 is 86.4. The third kappa shape index (κ3) is 8.68. The lowest BCUT2D eigenvalue weighted by Gasteiger charge is -2.39. The van der Waals surface area contributed by atoms with E-state index >= 15 is 4.39 Å². The Morgan fingerprint density at radius 1 is 0.961 bits per heavy atom. The van der Waals surface area contributed by atoms with E-state index in [1.807, 2.05) is 0 Å². The van der Waals surface area contributed by atoms with E-state index in [0.717, 1.165) is 47.4 Å². The summed E-state index contributed by atoms with van der Waals surface area (Å²) in [6, 6.07) is 4.18. The van der Waals surface area contributed by atoms with Gasteiger partial charge in [-0.3, -0.25) is 9.78 Å². The molecule has 6 rings (SSSR count). The van der Waals surface area contributed by atoms with Crippen molar-refractivity contribution in [3.05, 3.63) is 81.4 Å². The molecule has 1 N–H and O–H groups in total. The average Bonchev–Trinajstić information content (AvgIpc) is 3.09. The summed E-state index contributed by atoms with van der Waals surface area (Å²) in [5, 5.41) is 8.86. The van der Waals surface area contributed by atoms with Gasteiger partial charge in [0.15, 0.2) is 6.17 Å². The molecule has 2 aliphatic carbocycles. The summed E-state index contributed by atoms with van der Waals surface area (Å²) in [6.45, 7) is 5.50. The van der Waals surface area contributed by atoms with E-state index in [2.05, 4.69) is 28.7 Å². The first-order chi connectivity index (χ1) is 24.1. The number of aliphatic carboxylic acids is 1. The van der Waals surface area contributed by atoms with Gasteiger partial charge < -0.3 is 10.0 Å². The third-order valence-corrected chi connectivity index (χ3v) is 11.1. The molecule has 0 amide bonds. The summed E-state index contributed by atoms with van der Waals surface area (Å²) in [6.07, 6.45) is 2.56. The smallest absolute Gasteiger partial charge is 0.416 e. The molecule has 1 saturated carbocycles. The molecule has 0 radical (unpaired) electrons. The summed E-state index contributed by atoms with van der Waals surface area (Å²) in [5.74, 6) is -3.47. The molecule has 2 aromatic heterocycles. The van der Waals surface area contributed by atoms with Crippen molar-refractivity contribution in [3.8, 4) is 0 Å². The predicted molar refractivity (Wildman–Crippen MR) is 182 cm³/mol. The minimum atomic E-state index is -4.56. The number of aryl methyl sites for hydroxylation is 1. The number of fused-ring (bicyclic) bond motifs is 1. The Morgan fingerprint density at radius 2 is 1.61 bits per heavy atom. The molecule has 0 spiro atoms. The number of aromatic nitrogens is 3. The number of carbonyl (C=O) groups is 1. The number of rotatable bonds is 10. The van der Waals surface area contributed by atoms with Crippen molar-refractivity contribution in [1.82, 2.24) is 15.0 Å². The number of nitrogens with zero attached hydrogens (tertiary/aromatic N) is 4. The quantitative estimate of drug-likeness (QED) is 0.166. The van der Waals surface area contributed by atoms with Crippen LogP contribution in [0.15, 0.2) is 36.7 Å². The minimum absolute atomic E-state index is 0.0404. The van der Waals surface area contributed by atoms with Gasteiger partial charge in [-0.15, -0.1) is 0 Å².